The van der Waals surface area contributed by atoms with Gasteiger partial charge in [-0.15, -0.1) is 0 Å². The first-order chi connectivity index (χ1) is 16.4. The van der Waals surface area contributed by atoms with Crippen LogP contribution in [0.5, 0.6) is 11.5 Å². The van der Waals surface area contributed by atoms with Crippen LogP contribution < -0.4 is 14.8 Å². The lowest BCUT2D eigenvalue weighted by Crippen LogP contribution is -2.19. The van der Waals surface area contributed by atoms with Crippen molar-refractivity contribution >= 4 is 66.5 Å². The lowest BCUT2D eigenvalue weighted by Gasteiger charge is -2.11. The molecule has 1 saturated heterocycles. The van der Waals surface area contributed by atoms with E-state index in [1.165, 1.54) is 23.9 Å². The van der Waals surface area contributed by atoms with Crippen LogP contribution in [0.15, 0.2) is 79.5 Å². The van der Waals surface area contributed by atoms with E-state index in [9.17, 15) is 9.18 Å². The van der Waals surface area contributed by atoms with E-state index in [0.717, 1.165) is 31.5 Å². The third-order valence-electron chi connectivity index (χ3n) is 4.64. The molecule has 1 fully saturated rings. The van der Waals surface area contributed by atoms with Crippen molar-refractivity contribution in [1.82, 2.24) is 5.32 Å². The zero-order chi connectivity index (χ0) is 24.1. The summed E-state index contributed by atoms with van der Waals surface area (Å²) in [5.74, 6) is 0.896. The number of amides is 1. The highest BCUT2D eigenvalue weighted by Gasteiger charge is 2.24. The van der Waals surface area contributed by atoms with Gasteiger partial charge in [0.15, 0.2) is 5.17 Å². The van der Waals surface area contributed by atoms with Crippen LogP contribution >= 0.6 is 43.6 Å². The van der Waals surface area contributed by atoms with E-state index in [1.807, 2.05) is 43.3 Å². The van der Waals surface area contributed by atoms with Gasteiger partial charge in [0.25, 0.3) is 5.91 Å². The van der Waals surface area contributed by atoms with Gasteiger partial charge in [0, 0.05) is 0 Å². The molecule has 3 aromatic rings. The summed E-state index contributed by atoms with van der Waals surface area (Å²) in [5.41, 5.74) is 2.39. The number of halogens is 3. The molecule has 34 heavy (non-hydrogen) atoms. The van der Waals surface area contributed by atoms with E-state index < -0.39 is 0 Å². The second-order valence-electron chi connectivity index (χ2n) is 7.14. The monoisotopic (exact) mass is 604 g/mol. The van der Waals surface area contributed by atoms with Crippen molar-refractivity contribution in [3.63, 3.8) is 0 Å². The van der Waals surface area contributed by atoms with Gasteiger partial charge in [0.05, 0.1) is 26.1 Å². The van der Waals surface area contributed by atoms with Crippen molar-refractivity contribution in [2.24, 2.45) is 4.99 Å². The summed E-state index contributed by atoms with van der Waals surface area (Å²) < 4.78 is 25.9. The van der Waals surface area contributed by atoms with Gasteiger partial charge in [0.2, 0.25) is 0 Å². The zero-order valence-corrected chi connectivity index (χ0v) is 22.0. The van der Waals surface area contributed by atoms with Crippen molar-refractivity contribution in [3.8, 4) is 11.5 Å². The molecule has 0 aromatic heterocycles. The number of nitrogens with zero attached hydrogens (tertiary/aromatic N) is 1. The van der Waals surface area contributed by atoms with E-state index in [0.29, 0.717) is 29.0 Å². The van der Waals surface area contributed by atoms with Crippen molar-refractivity contribution in [1.29, 1.82) is 0 Å². The minimum atomic E-state index is -0.287. The number of amidine groups is 1. The first-order valence-electron chi connectivity index (χ1n) is 10.3. The van der Waals surface area contributed by atoms with Gasteiger partial charge < -0.3 is 14.8 Å². The summed E-state index contributed by atoms with van der Waals surface area (Å²) >= 11 is 8.34. The lowest BCUT2D eigenvalue weighted by molar-refractivity contribution is -0.115. The third-order valence-corrected chi connectivity index (χ3v) is 6.73. The Hall–Kier alpha value is -2.62. The summed E-state index contributed by atoms with van der Waals surface area (Å²) in [6.07, 6.45) is 1.79. The number of carbonyl (C=O) groups is 1. The molecule has 1 amide bonds. The maximum Gasteiger partial charge on any atom is 0.264 e. The molecule has 0 radical (unpaired) electrons. The van der Waals surface area contributed by atoms with Crippen LogP contribution in [-0.4, -0.2) is 17.7 Å². The fourth-order valence-corrected chi connectivity index (χ4v) is 5.36. The van der Waals surface area contributed by atoms with Crippen molar-refractivity contribution in [2.45, 2.75) is 13.5 Å². The maximum absolute atomic E-state index is 13.1. The highest BCUT2D eigenvalue weighted by molar-refractivity contribution is 9.11. The standard InChI is InChI=1S/C25H19Br2FN2O3S/c1-2-32-19-9-7-18(8-10-19)29-25-30-24(31)22(34-25)13-16-11-20(26)23(21(27)12-16)33-14-15-3-5-17(28)6-4-15/h3-13H,2,14H2,1H3,(H,29,30,31)/b22-13+. The zero-order valence-electron chi connectivity index (χ0n) is 18.0. The highest BCUT2D eigenvalue weighted by atomic mass is 79.9. The topological polar surface area (TPSA) is 59.9 Å². The van der Waals surface area contributed by atoms with Crippen LogP contribution in [0.25, 0.3) is 6.08 Å². The molecule has 0 saturated carbocycles. The molecule has 4 rings (SSSR count). The van der Waals surface area contributed by atoms with Crippen LogP contribution in [0.3, 0.4) is 0 Å². The van der Waals surface area contributed by atoms with Crippen molar-refractivity contribution in [3.05, 3.63) is 91.5 Å². The van der Waals surface area contributed by atoms with Gasteiger partial charge in [-0.3, -0.25) is 4.79 Å². The molecule has 1 heterocycles. The predicted molar refractivity (Wildman–Crippen MR) is 141 cm³/mol. The third kappa shape index (κ3) is 6.28. The van der Waals surface area contributed by atoms with Crippen LogP contribution in [-0.2, 0) is 11.4 Å². The lowest BCUT2D eigenvalue weighted by atomic mass is 10.2. The van der Waals surface area contributed by atoms with Crippen LogP contribution in [0, 0.1) is 5.82 Å². The smallest absolute Gasteiger partial charge is 0.264 e. The quantitative estimate of drug-likeness (QED) is 0.289. The number of aliphatic imine (C=N–C) groups is 1. The maximum atomic E-state index is 13.1. The Morgan fingerprint density at radius 3 is 2.35 bits per heavy atom. The number of hydrogen-bond donors (Lipinski definition) is 1. The molecule has 0 spiro atoms. The predicted octanol–water partition coefficient (Wildman–Crippen LogP) is 7.22. The Morgan fingerprint density at radius 2 is 1.71 bits per heavy atom. The summed E-state index contributed by atoms with van der Waals surface area (Å²) in [7, 11) is 0. The first-order valence-corrected chi connectivity index (χ1v) is 12.7. The Labute approximate surface area is 217 Å². The number of nitrogens with one attached hydrogen (secondary N) is 1. The molecule has 174 valence electrons. The van der Waals surface area contributed by atoms with Crippen molar-refractivity contribution in [2.75, 3.05) is 6.61 Å². The number of thioether (sulfide) groups is 1. The minimum Gasteiger partial charge on any atom is -0.494 e. The van der Waals surface area contributed by atoms with E-state index in [2.05, 4.69) is 42.2 Å². The molecule has 0 bridgehead atoms. The Bertz CT molecular complexity index is 1240. The molecule has 5 nitrogen and oxygen atoms in total. The largest absolute Gasteiger partial charge is 0.494 e. The summed E-state index contributed by atoms with van der Waals surface area (Å²) in [4.78, 5) is 17.5. The fourth-order valence-electron chi connectivity index (χ4n) is 3.07. The molecule has 9 heteroatoms. The van der Waals surface area contributed by atoms with Gasteiger partial charge in [-0.1, -0.05) is 12.1 Å². The summed E-state index contributed by atoms with van der Waals surface area (Å²) in [5, 5.41) is 3.31. The molecular weight excluding hydrogens is 587 g/mol. The molecule has 1 aliphatic rings. The Morgan fingerprint density at radius 1 is 1.03 bits per heavy atom. The first kappa shape index (κ1) is 24.5. The van der Waals surface area contributed by atoms with Gasteiger partial charge >= 0.3 is 0 Å². The van der Waals surface area contributed by atoms with Gasteiger partial charge in [-0.2, -0.15) is 0 Å². The van der Waals surface area contributed by atoms with E-state index in [1.54, 1.807) is 18.2 Å². The average Bonchev–Trinajstić information content (AvgIpc) is 3.14. The molecule has 1 N–H and O–H groups in total. The average molecular weight is 606 g/mol. The van der Waals surface area contributed by atoms with E-state index in [-0.39, 0.29) is 11.7 Å². The Balaban J connectivity index is 1.46. The second-order valence-corrected chi connectivity index (χ2v) is 9.88. The molecule has 0 unspecified atom stereocenters. The van der Waals surface area contributed by atoms with Crippen LogP contribution in [0.4, 0.5) is 10.1 Å². The number of benzene rings is 3. The summed E-state index contributed by atoms with van der Waals surface area (Å²) in [6.45, 7) is 2.82. The van der Waals surface area contributed by atoms with E-state index >= 15 is 0 Å². The molecule has 0 atom stereocenters. The summed E-state index contributed by atoms with van der Waals surface area (Å²) in [6, 6.07) is 17.3. The minimum absolute atomic E-state index is 0.210. The van der Waals surface area contributed by atoms with Crippen LogP contribution in [0.1, 0.15) is 18.1 Å². The van der Waals surface area contributed by atoms with Gasteiger partial charge in [0.1, 0.15) is 23.9 Å². The fraction of sp³-hybridized carbons (Fsp3) is 0.120. The number of rotatable bonds is 7. The second kappa shape index (κ2) is 11.2. The normalized spacial score (nSPS) is 15.6. The SMILES string of the molecule is CCOc1ccc(N=C2NC(=O)/C(=C\c3cc(Br)c(OCc4ccc(F)cc4)c(Br)c3)S2)cc1. The highest BCUT2D eigenvalue weighted by Crippen LogP contribution is 2.37. The van der Waals surface area contributed by atoms with Crippen LogP contribution in [0.2, 0.25) is 0 Å². The molecular formula is C25H19Br2FN2O3S. The molecule has 1 aliphatic heterocycles. The number of ether oxygens (including phenoxy) is 2. The number of carbonyl (C=O) groups excluding carboxylic acids is 1. The molecule has 0 aliphatic carbocycles. The number of hydrogen-bond acceptors (Lipinski definition) is 5. The Kier molecular flexibility index (Phi) is 8.07. The van der Waals surface area contributed by atoms with Crippen molar-refractivity contribution < 1.29 is 18.7 Å². The molecule has 3 aromatic carbocycles. The van der Waals surface area contributed by atoms with Gasteiger partial charge in [-0.25, -0.2) is 9.38 Å². The van der Waals surface area contributed by atoms with Gasteiger partial charge in [-0.05, 0) is 116 Å². The van der Waals surface area contributed by atoms with E-state index in [4.69, 9.17) is 9.47 Å².